The molecular weight excluding hydrogens is 194 g/mol. The molecule has 14 heavy (non-hydrogen) atoms. The van der Waals surface area contributed by atoms with E-state index >= 15 is 0 Å². The maximum atomic E-state index is 5.21. The summed E-state index contributed by atoms with van der Waals surface area (Å²) in [5, 5.41) is 3.49. The van der Waals surface area contributed by atoms with Crippen LogP contribution in [0, 0.1) is 6.92 Å². The quantitative estimate of drug-likeness (QED) is 0.784. The Balaban J connectivity index is 2.57. The normalized spacial score (nSPS) is 13.1. The third-order valence-electron chi connectivity index (χ3n) is 2.08. The standard InChI is InChI=1S/C11H19NOS/c1-4-7-12-10(8-13-3)11-6-5-9(2)14-11/h5-6,10,12H,4,7-8H2,1-3H3. The first-order valence-corrected chi connectivity index (χ1v) is 5.88. The van der Waals surface area contributed by atoms with Crippen molar-refractivity contribution in [2.24, 2.45) is 0 Å². The lowest BCUT2D eigenvalue weighted by molar-refractivity contribution is 0.168. The summed E-state index contributed by atoms with van der Waals surface area (Å²) in [5.41, 5.74) is 0. The SMILES string of the molecule is CCCNC(COC)c1ccc(C)s1. The molecule has 0 saturated carbocycles. The fourth-order valence-corrected chi connectivity index (χ4v) is 2.31. The van der Waals surface area contributed by atoms with Crippen molar-refractivity contribution in [2.75, 3.05) is 20.3 Å². The Hall–Kier alpha value is -0.380. The average molecular weight is 213 g/mol. The maximum absolute atomic E-state index is 5.21. The van der Waals surface area contributed by atoms with Gasteiger partial charge in [0.2, 0.25) is 0 Å². The van der Waals surface area contributed by atoms with Crippen molar-refractivity contribution in [3.05, 3.63) is 21.9 Å². The molecule has 3 heteroatoms. The van der Waals surface area contributed by atoms with Crippen molar-refractivity contribution in [1.82, 2.24) is 5.32 Å². The molecule has 1 unspecified atom stereocenters. The van der Waals surface area contributed by atoms with E-state index in [4.69, 9.17) is 4.74 Å². The van der Waals surface area contributed by atoms with Gasteiger partial charge in [0.25, 0.3) is 0 Å². The Kier molecular flexibility index (Phi) is 5.15. The predicted molar refractivity (Wildman–Crippen MR) is 62.0 cm³/mol. The average Bonchev–Trinajstić information content (AvgIpc) is 2.59. The Bertz CT molecular complexity index is 260. The van der Waals surface area contributed by atoms with Gasteiger partial charge in [-0.05, 0) is 32.0 Å². The molecule has 0 aliphatic heterocycles. The van der Waals surface area contributed by atoms with Gasteiger partial charge < -0.3 is 10.1 Å². The summed E-state index contributed by atoms with van der Waals surface area (Å²) in [5.74, 6) is 0. The van der Waals surface area contributed by atoms with E-state index in [1.54, 1.807) is 7.11 Å². The van der Waals surface area contributed by atoms with Gasteiger partial charge in [-0.25, -0.2) is 0 Å². The van der Waals surface area contributed by atoms with E-state index in [1.165, 1.54) is 9.75 Å². The van der Waals surface area contributed by atoms with E-state index in [0.717, 1.165) is 19.6 Å². The summed E-state index contributed by atoms with van der Waals surface area (Å²) in [4.78, 5) is 2.73. The smallest absolute Gasteiger partial charge is 0.0665 e. The summed E-state index contributed by atoms with van der Waals surface area (Å²) in [6, 6.07) is 4.71. The van der Waals surface area contributed by atoms with Crippen LogP contribution < -0.4 is 5.32 Å². The number of nitrogens with one attached hydrogen (secondary N) is 1. The van der Waals surface area contributed by atoms with Gasteiger partial charge in [0.15, 0.2) is 0 Å². The first-order valence-electron chi connectivity index (χ1n) is 5.06. The topological polar surface area (TPSA) is 21.3 Å². The predicted octanol–water partition coefficient (Wildman–Crippen LogP) is 2.74. The Morgan fingerprint density at radius 1 is 1.50 bits per heavy atom. The molecule has 0 spiro atoms. The number of thiophene rings is 1. The summed E-state index contributed by atoms with van der Waals surface area (Å²) in [6.07, 6.45) is 1.16. The van der Waals surface area contributed by atoms with Crippen LogP contribution in [0.5, 0.6) is 0 Å². The molecule has 0 fully saturated rings. The minimum Gasteiger partial charge on any atom is -0.383 e. The van der Waals surface area contributed by atoms with Gasteiger partial charge in [0, 0.05) is 16.9 Å². The Morgan fingerprint density at radius 3 is 2.79 bits per heavy atom. The van der Waals surface area contributed by atoms with Crippen molar-refractivity contribution in [2.45, 2.75) is 26.3 Å². The number of aryl methyl sites for hydroxylation is 1. The second-order valence-corrected chi connectivity index (χ2v) is 4.73. The molecular formula is C11H19NOS. The second-order valence-electron chi connectivity index (χ2n) is 3.41. The molecule has 2 nitrogen and oxygen atoms in total. The van der Waals surface area contributed by atoms with E-state index in [2.05, 4.69) is 31.3 Å². The number of methoxy groups -OCH3 is 1. The summed E-state index contributed by atoms with van der Waals surface area (Å²) >= 11 is 1.84. The van der Waals surface area contributed by atoms with Gasteiger partial charge >= 0.3 is 0 Å². The van der Waals surface area contributed by atoms with E-state index in [-0.39, 0.29) is 0 Å². The molecule has 1 aromatic rings. The highest BCUT2D eigenvalue weighted by atomic mass is 32.1. The van der Waals surface area contributed by atoms with Crippen molar-refractivity contribution in [1.29, 1.82) is 0 Å². The largest absolute Gasteiger partial charge is 0.383 e. The van der Waals surface area contributed by atoms with Crippen molar-refractivity contribution in [3.63, 3.8) is 0 Å². The highest BCUT2D eigenvalue weighted by molar-refractivity contribution is 7.12. The number of hydrogen-bond donors (Lipinski definition) is 1. The van der Waals surface area contributed by atoms with Gasteiger partial charge in [-0.1, -0.05) is 6.92 Å². The van der Waals surface area contributed by atoms with Gasteiger partial charge in [-0.2, -0.15) is 0 Å². The van der Waals surface area contributed by atoms with Crippen molar-refractivity contribution in [3.8, 4) is 0 Å². The second kappa shape index (κ2) is 6.17. The zero-order valence-electron chi connectivity index (χ0n) is 9.17. The van der Waals surface area contributed by atoms with Crippen LogP contribution >= 0.6 is 11.3 Å². The molecule has 0 saturated heterocycles. The fraction of sp³-hybridized carbons (Fsp3) is 0.636. The van der Waals surface area contributed by atoms with Crippen LogP contribution in [0.3, 0.4) is 0 Å². The molecule has 1 heterocycles. The Morgan fingerprint density at radius 2 is 2.29 bits per heavy atom. The van der Waals surface area contributed by atoms with E-state index in [9.17, 15) is 0 Å². The summed E-state index contributed by atoms with van der Waals surface area (Å²) in [6.45, 7) is 6.11. The van der Waals surface area contributed by atoms with Gasteiger partial charge in [0.1, 0.15) is 0 Å². The maximum Gasteiger partial charge on any atom is 0.0665 e. The van der Waals surface area contributed by atoms with Crippen LogP contribution in [0.1, 0.15) is 29.1 Å². The molecule has 0 amide bonds. The first-order chi connectivity index (χ1) is 6.77. The molecule has 0 aliphatic carbocycles. The molecule has 0 radical (unpaired) electrons. The summed E-state index contributed by atoms with van der Waals surface area (Å²) in [7, 11) is 1.75. The minimum atomic E-state index is 0.360. The molecule has 1 rings (SSSR count). The molecule has 0 aromatic carbocycles. The summed E-state index contributed by atoms with van der Waals surface area (Å²) < 4.78 is 5.21. The van der Waals surface area contributed by atoms with Gasteiger partial charge in [-0.3, -0.25) is 0 Å². The minimum absolute atomic E-state index is 0.360. The van der Waals surface area contributed by atoms with Crippen LogP contribution in [-0.4, -0.2) is 20.3 Å². The fourth-order valence-electron chi connectivity index (χ4n) is 1.37. The zero-order valence-corrected chi connectivity index (χ0v) is 9.99. The number of hydrogen-bond acceptors (Lipinski definition) is 3. The number of ether oxygens (including phenoxy) is 1. The Labute approximate surface area is 90.3 Å². The van der Waals surface area contributed by atoms with Crippen LogP contribution in [0.2, 0.25) is 0 Å². The van der Waals surface area contributed by atoms with E-state index < -0.39 is 0 Å². The molecule has 80 valence electrons. The first kappa shape index (κ1) is 11.7. The lowest BCUT2D eigenvalue weighted by Crippen LogP contribution is -2.25. The third kappa shape index (κ3) is 3.40. The highest BCUT2D eigenvalue weighted by Crippen LogP contribution is 2.22. The van der Waals surface area contributed by atoms with Crippen LogP contribution in [0.25, 0.3) is 0 Å². The van der Waals surface area contributed by atoms with E-state index in [1.807, 2.05) is 11.3 Å². The van der Waals surface area contributed by atoms with Crippen molar-refractivity contribution >= 4 is 11.3 Å². The van der Waals surface area contributed by atoms with E-state index in [0.29, 0.717) is 6.04 Å². The van der Waals surface area contributed by atoms with Crippen LogP contribution in [0.4, 0.5) is 0 Å². The molecule has 1 N–H and O–H groups in total. The van der Waals surface area contributed by atoms with Crippen LogP contribution in [0.15, 0.2) is 12.1 Å². The van der Waals surface area contributed by atoms with Gasteiger partial charge in [-0.15, -0.1) is 11.3 Å². The highest BCUT2D eigenvalue weighted by Gasteiger charge is 2.11. The zero-order chi connectivity index (χ0) is 10.4. The molecule has 1 aromatic heterocycles. The molecule has 1 atom stereocenters. The third-order valence-corrected chi connectivity index (χ3v) is 3.19. The number of rotatable bonds is 6. The lowest BCUT2D eigenvalue weighted by atomic mass is 10.2. The lowest BCUT2D eigenvalue weighted by Gasteiger charge is -2.15. The van der Waals surface area contributed by atoms with Crippen molar-refractivity contribution < 1.29 is 4.74 Å². The van der Waals surface area contributed by atoms with Gasteiger partial charge in [0.05, 0.1) is 12.6 Å². The molecule has 0 bridgehead atoms. The molecule has 0 aliphatic rings. The monoisotopic (exact) mass is 213 g/mol. The van der Waals surface area contributed by atoms with Crippen LogP contribution in [-0.2, 0) is 4.74 Å².